The molecule has 206 valence electrons. The van der Waals surface area contributed by atoms with Crippen molar-refractivity contribution in [2.75, 3.05) is 17.7 Å². The van der Waals surface area contributed by atoms with Crippen molar-refractivity contribution in [3.63, 3.8) is 0 Å². The standard InChI is InChI=1S/C29H37N7O3/c1-7-8-24(21-10-9-17(2)18(3)11-21)33-29(39)36-26(28(38)35(6)22-15-31-34(5)16-22)23(27(36)37)13-20-12-19(4)32-25(30)14-20/h9-12,14-16,23-24,26H,7-8,13H2,1-6H3,(H2,30,32)(H,33,39)/t23-,24-,26+/m1/s1. The highest BCUT2D eigenvalue weighted by Crippen LogP contribution is 2.34. The number of nitrogens with one attached hydrogen (secondary N) is 1. The highest BCUT2D eigenvalue weighted by Gasteiger charge is 2.55. The number of rotatable bonds is 8. The van der Waals surface area contributed by atoms with Gasteiger partial charge in [-0.05, 0) is 68.0 Å². The van der Waals surface area contributed by atoms with Crippen molar-refractivity contribution in [3.8, 4) is 0 Å². The number of benzene rings is 1. The minimum atomic E-state index is -0.973. The SMILES string of the molecule is CCC[C@@H](NC(=O)N1C(=O)[C@H](Cc2cc(C)nc(N)c2)[C@H]1C(=O)N(C)c1cnn(C)c1)c1ccc(C)c(C)c1. The van der Waals surface area contributed by atoms with Crippen LogP contribution in [0.3, 0.4) is 0 Å². The topological polar surface area (TPSA) is 126 Å². The van der Waals surface area contributed by atoms with E-state index in [1.165, 1.54) is 4.90 Å². The molecule has 3 atom stereocenters. The van der Waals surface area contributed by atoms with Gasteiger partial charge < -0.3 is 16.0 Å². The van der Waals surface area contributed by atoms with Gasteiger partial charge in [0.1, 0.15) is 11.9 Å². The van der Waals surface area contributed by atoms with Crippen molar-refractivity contribution in [3.05, 3.63) is 70.7 Å². The number of carbonyl (C=O) groups is 3. The van der Waals surface area contributed by atoms with Crippen LogP contribution in [0.1, 0.15) is 53.8 Å². The van der Waals surface area contributed by atoms with E-state index >= 15 is 0 Å². The summed E-state index contributed by atoms with van der Waals surface area (Å²) in [5, 5.41) is 7.18. The Hall–Kier alpha value is -4.21. The summed E-state index contributed by atoms with van der Waals surface area (Å²) >= 11 is 0. The van der Waals surface area contributed by atoms with Crippen LogP contribution in [0.2, 0.25) is 0 Å². The number of imide groups is 1. The Kier molecular flexibility index (Phi) is 8.03. The highest BCUT2D eigenvalue weighted by molar-refractivity contribution is 6.12. The van der Waals surface area contributed by atoms with Gasteiger partial charge in [0.25, 0.3) is 5.91 Å². The number of carbonyl (C=O) groups excluding carboxylic acids is 3. The maximum atomic E-state index is 13.8. The summed E-state index contributed by atoms with van der Waals surface area (Å²) in [5.74, 6) is -1.12. The fraction of sp³-hybridized carbons (Fsp3) is 0.414. The molecule has 1 aliphatic rings. The van der Waals surface area contributed by atoms with Gasteiger partial charge in [-0.1, -0.05) is 31.5 Å². The average Bonchev–Trinajstić information content (AvgIpc) is 3.31. The minimum Gasteiger partial charge on any atom is -0.384 e. The van der Waals surface area contributed by atoms with Gasteiger partial charge in [-0.3, -0.25) is 19.2 Å². The number of aryl methyl sites for hydroxylation is 4. The summed E-state index contributed by atoms with van der Waals surface area (Å²) in [4.78, 5) is 47.5. The Bertz CT molecular complexity index is 1380. The van der Waals surface area contributed by atoms with Crippen molar-refractivity contribution >= 4 is 29.4 Å². The van der Waals surface area contributed by atoms with E-state index in [0.29, 0.717) is 17.9 Å². The predicted molar refractivity (Wildman–Crippen MR) is 150 cm³/mol. The van der Waals surface area contributed by atoms with Crippen LogP contribution in [0.5, 0.6) is 0 Å². The molecule has 1 aromatic carbocycles. The van der Waals surface area contributed by atoms with Gasteiger partial charge in [0.2, 0.25) is 5.91 Å². The zero-order chi connectivity index (χ0) is 28.4. The summed E-state index contributed by atoms with van der Waals surface area (Å²) in [6.45, 7) is 7.94. The van der Waals surface area contributed by atoms with Crippen LogP contribution in [-0.2, 0) is 23.1 Å². The lowest BCUT2D eigenvalue weighted by atomic mass is 9.81. The van der Waals surface area contributed by atoms with Gasteiger partial charge in [0.05, 0.1) is 23.8 Å². The molecule has 4 rings (SSSR count). The Labute approximate surface area is 229 Å². The number of anilines is 2. The number of β-lactam (4-membered cyclic amide) rings is 1. The van der Waals surface area contributed by atoms with Gasteiger partial charge >= 0.3 is 6.03 Å². The van der Waals surface area contributed by atoms with Gasteiger partial charge in [0, 0.05) is 26.0 Å². The van der Waals surface area contributed by atoms with Crippen LogP contribution in [0, 0.1) is 26.7 Å². The second-order valence-electron chi connectivity index (χ2n) is 10.4. The number of aromatic nitrogens is 3. The second-order valence-corrected chi connectivity index (χ2v) is 10.4. The normalized spacial score (nSPS) is 17.5. The first-order valence-electron chi connectivity index (χ1n) is 13.2. The van der Waals surface area contributed by atoms with Crippen molar-refractivity contribution < 1.29 is 14.4 Å². The molecule has 10 heteroatoms. The lowest BCUT2D eigenvalue weighted by molar-refractivity contribution is -0.156. The van der Waals surface area contributed by atoms with Crippen LogP contribution in [-0.4, -0.2) is 50.6 Å². The molecule has 2 aromatic heterocycles. The third kappa shape index (κ3) is 5.79. The van der Waals surface area contributed by atoms with Gasteiger partial charge in [-0.15, -0.1) is 0 Å². The zero-order valence-electron chi connectivity index (χ0n) is 23.4. The molecule has 0 saturated carbocycles. The van der Waals surface area contributed by atoms with E-state index in [-0.39, 0.29) is 18.4 Å². The zero-order valence-corrected chi connectivity index (χ0v) is 23.4. The molecular weight excluding hydrogens is 494 g/mol. The molecule has 0 radical (unpaired) electrons. The van der Waals surface area contributed by atoms with Crippen LogP contribution < -0.4 is 16.0 Å². The summed E-state index contributed by atoms with van der Waals surface area (Å²) < 4.78 is 1.59. The quantitative estimate of drug-likeness (QED) is 0.428. The van der Waals surface area contributed by atoms with E-state index in [1.54, 1.807) is 37.2 Å². The number of hydrogen-bond acceptors (Lipinski definition) is 6. The van der Waals surface area contributed by atoms with Crippen LogP contribution >= 0.6 is 0 Å². The monoisotopic (exact) mass is 531 g/mol. The summed E-state index contributed by atoms with van der Waals surface area (Å²) in [7, 11) is 3.38. The van der Waals surface area contributed by atoms with Gasteiger partial charge in [-0.2, -0.15) is 5.10 Å². The number of amides is 4. The van der Waals surface area contributed by atoms with Crippen molar-refractivity contribution in [2.45, 2.75) is 59.0 Å². The van der Waals surface area contributed by atoms with Crippen molar-refractivity contribution in [1.82, 2.24) is 25.0 Å². The number of urea groups is 1. The molecule has 1 fully saturated rings. The molecule has 0 unspecified atom stereocenters. The molecule has 0 aliphatic carbocycles. The smallest absolute Gasteiger partial charge is 0.325 e. The molecule has 39 heavy (non-hydrogen) atoms. The van der Waals surface area contributed by atoms with Crippen molar-refractivity contribution in [1.29, 1.82) is 0 Å². The van der Waals surface area contributed by atoms with E-state index in [9.17, 15) is 14.4 Å². The predicted octanol–water partition coefficient (Wildman–Crippen LogP) is 3.61. The molecule has 3 heterocycles. The van der Waals surface area contributed by atoms with E-state index in [4.69, 9.17) is 5.73 Å². The maximum absolute atomic E-state index is 13.8. The third-order valence-electron chi connectivity index (χ3n) is 7.39. The lowest BCUT2D eigenvalue weighted by Gasteiger charge is -2.46. The third-order valence-corrected chi connectivity index (χ3v) is 7.39. The van der Waals surface area contributed by atoms with E-state index in [1.807, 2.05) is 45.9 Å². The number of hydrogen-bond donors (Lipinski definition) is 2. The summed E-state index contributed by atoms with van der Waals surface area (Å²) in [6, 6.07) is 7.80. The molecule has 0 spiro atoms. The lowest BCUT2D eigenvalue weighted by Crippen LogP contribution is -2.70. The molecule has 0 bridgehead atoms. The Morgan fingerprint density at radius 1 is 1.15 bits per heavy atom. The van der Waals surface area contributed by atoms with Crippen LogP contribution in [0.25, 0.3) is 0 Å². The fourth-order valence-electron chi connectivity index (χ4n) is 5.11. The van der Waals surface area contributed by atoms with Crippen molar-refractivity contribution in [2.24, 2.45) is 13.0 Å². The Morgan fingerprint density at radius 3 is 2.51 bits per heavy atom. The number of likely N-dealkylation sites (tertiary alicyclic amines) is 1. The Balaban J connectivity index is 1.62. The molecular formula is C29H37N7O3. The first-order valence-corrected chi connectivity index (χ1v) is 13.2. The number of pyridine rings is 1. The van der Waals surface area contributed by atoms with Gasteiger partial charge in [0.15, 0.2) is 0 Å². The fourth-order valence-corrected chi connectivity index (χ4v) is 5.11. The first kappa shape index (κ1) is 27.8. The number of likely N-dealkylation sites (N-methyl/N-ethyl adjacent to an activating group) is 1. The molecule has 3 aromatic rings. The average molecular weight is 532 g/mol. The Morgan fingerprint density at radius 2 is 1.90 bits per heavy atom. The number of nitrogens with zero attached hydrogens (tertiary/aromatic N) is 5. The largest absolute Gasteiger partial charge is 0.384 e. The summed E-state index contributed by atoms with van der Waals surface area (Å²) in [6.07, 6.45) is 5.08. The molecule has 10 nitrogen and oxygen atoms in total. The molecule has 1 aliphatic heterocycles. The van der Waals surface area contributed by atoms with Crippen LogP contribution in [0.15, 0.2) is 42.7 Å². The second kappa shape index (κ2) is 11.3. The molecule has 1 saturated heterocycles. The molecule has 3 N–H and O–H groups in total. The van der Waals surface area contributed by atoms with Gasteiger partial charge in [-0.25, -0.2) is 9.78 Å². The van der Waals surface area contributed by atoms with E-state index in [2.05, 4.69) is 21.5 Å². The minimum absolute atomic E-state index is 0.267. The van der Waals surface area contributed by atoms with E-state index in [0.717, 1.165) is 39.3 Å². The first-order chi connectivity index (χ1) is 18.5. The number of nitrogens with two attached hydrogens (primary N) is 1. The van der Waals surface area contributed by atoms with E-state index < -0.39 is 23.9 Å². The molecule has 4 amide bonds. The maximum Gasteiger partial charge on any atom is 0.325 e. The number of nitrogen functional groups attached to an aromatic ring is 1. The summed E-state index contributed by atoms with van der Waals surface area (Å²) in [5.41, 5.74) is 11.3. The van der Waals surface area contributed by atoms with Crippen LogP contribution in [0.4, 0.5) is 16.3 Å². The highest BCUT2D eigenvalue weighted by atomic mass is 16.2.